The molecule has 0 spiro atoms. The minimum absolute atomic E-state index is 0.171. The van der Waals surface area contributed by atoms with Crippen LogP contribution in [-0.2, 0) is 0 Å². The van der Waals surface area contributed by atoms with E-state index in [0.717, 1.165) is 66.4 Å². The number of hydrogen-bond acceptors (Lipinski definition) is 3. The Kier molecular flexibility index (Phi) is 6.13. The molecule has 7 aromatic carbocycles. The van der Waals surface area contributed by atoms with E-state index in [1.165, 1.54) is 45.6 Å². The van der Waals surface area contributed by atoms with E-state index >= 15 is 0 Å². The van der Waals surface area contributed by atoms with Gasteiger partial charge in [-0.05, 0) is 41.5 Å². The van der Waals surface area contributed by atoms with E-state index in [4.69, 9.17) is 14.4 Å². The molecule has 0 bridgehead atoms. The first kappa shape index (κ1) is 29.3. The van der Waals surface area contributed by atoms with Gasteiger partial charge < -0.3 is 4.42 Å². The molecule has 11 aromatic rings. The molecule has 0 atom stereocenters. The molecule has 53 heavy (non-hydrogen) atoms. The molecule has 1 aliphatic rings. The minimum atomic E-state index is -0.171. The van der Waals surface area contributed by atoms with Gasteiger partial charge in [0.15, 0.2) is 0 Å². The number of benzene rings is 7. The average molecular weight is 789 g/mol. The van der Waals surface area contributed by atoms with Gasteiger partial charge in [0.25, 0.3) is 0 Å². The van der Waals surface area contributed by atoms with Crippen molar-refractivity contribution in [1.82, 2.24) is 14.4 Å². The second-order valence-electron chi connectivity index (χ2n) is 13.8. The number of para-hydroxylation sites is 1. The molecule has 0 unspecified atom stereocenters. The number of fused-ring (bicyclic) bond motifs is 14. The third kappa shape index (κ3) is 4.41. The van der Waals surface area contributed by atoms with Gasteiger partial charge in [0.1, 0.15) is 16.8 Å². The van der Waals surface area contributed by atoms with Gasteiger partial charge in [0.2, 0.25) is 0 Å². The molecule has 4 nitrogen and oxygen atoms in total. The van der Waals surface area contributed by atoms with Gasteiger partial charge >= 0.3 is 201 Å². The van der Waals surface area contributed by atoms with Crippen LogP contribution >= 0.6 is 0 Å². The number of pyridine rings is 2. The van der Waals surface area contributed by atoms with Crippen LogP contribution in [0.25, 0.3) is 105 Å². The second-order valence-corrected chi connectivity index (χ2v) is 16.6. The van der Waals surface area contributed by atoms with Crippen molar-refractivity contribution in [2.24, 2.45) is 0 Å². The second kappa shape index (κ2) is 11.1. The monoisotopic (exact) mass is 788 g/mol. The summed E-state index contributed by atoms with van der Waals surface area (Å²) < 4.78 is 11.4. The SMILES string of the molecule is c1ccc2c(c1)[I-]c1cc(-c3ccnc(-c4ccc5c(c4)c4ccccc4c4nc6cc(-c7ccc8oc9ccccc9c8c7)ccn6c54)c3)ccc1-2. The van der Waals surface area contributed by atoms with Crippen molar-refractivity contribution >= 4 is 60.2 Å². The average Bonchev–Trinajstić information content (AvgIpc) is 3.91. The molecule has 0 saturated carbocycles. The Morgan fingerprint density at radius 1 is 0.472 bits per heavy atom. The molecule has 5 heterocycles. The summed E-state index contributed by atoms with van der Waals surface area (Å²) in [6.45, 7) is 0. The maximum absolute atomic E-state index is 6.10. The summed E-state index contributed by atoms with van der Waals surface area (Å²) >= 11 is -0.171. The third-order valence-electron chi connectivity index (χ3n) is 10.8. The third-order valence-corrected chi connectivity index (χ3v) is 13.8. The van der Waals surface area contributed by atoms with E-state index in [1.54, 1.807) is 0 Å². The molecule has 0 radical (unpaired) electrons. The standard InChI is InChI=1S/C48H27IN3O/c1-2-10-37-33(7-1)39-24-32(43-26-30(19-21-50-43)29-13-16-35-34-8-3-5-11-41(34)49-42(35)25-29)14-17-38(39)48-47(37)51-46-27-31(20-22-52(46)48)28-15-18-45-40(23-28)36-9-4-6-12-44(36)53-45/h1-27H/q-1. The molecule has 0 saturated heterocycles. The quantitative estimate of drug-likeness (QED) is 0.133. The van der Waals surface area contributed by atoms with Crippen molar-refractivity contribution in [3.63, 3.8) is 0 Å². The molecule has 1 aliphatic heterocycles. The number of imidazole rings is 1. The summed E-state index contributed by atoms with van der Waals surface area (Å²) in [7, 11) is 0. The zero-order valence-electron chi connectivity index (χ0n) is 28.2. The Bertz CT molecular complexity index is 3340. The van der Waals surface area contributed by atoms with Crippen LogP contribution in [0.15, 0.2) is 168 Å². The summed E-state index contributed by atoms with van der Waals surface area (Å²) in [5.41, 5.74) is 14.4. The molecule has 4 aromatic heterocycles. The van der Waals surface area contributed by atoms with Gasteiger partial charge in [-0.1, -0.05) is 30.3 Å². The summed E-state index contributed by atoms with van der Waals surface area (Å²) in [6.07, 6.45) is 4.12. The Morgan fingerprint density at radius 3 is 2.15 bits per heavy atom. The van der Waals surface area contributed by atoms with Crippen LogP contribution in [0.3, 0.4) is 0 Å². The number of nitrogens with zero attached hydrogens (tertiary/aromatic N) is 3. The van der Waals surface area contributed by atoms with Crippen molar-refractivity contribution in [3.05, 3.63) is 171 Å². The fourth-order valence-corrected chi connectivity index (χ4v) is 11.3. The first-order valence-corrected chi connectivity index (χ1v) is 19.9. The molecular formula is C48H27IN3O-. The zero-order chi connectivity index (χ0) is 34.6. The van der Waals surface area contributed by atoms with E-state index in [-0.39, 0.29) is 21.2 Å². The van der Waals surface area contributed by atoms with E-state index < -0.39 is 0 Å². The van der Waals surface area contributed by atoms with E-state index in [9.17, 15) is 0 Å². The first-order valence-electron chi connectivity index (χ1n) is 17.8. The number of aromatic nitrogens is 3. The van der Waals surface area contributed by atoms with Gasteiger partial charge in [-0.15, -0.1) is 0 Å². The molecular weight excluding hydrogens is 761 g/mol. The van der Waals surface area contributed by atoms with Gasteiger partial charge in [-0.25, -0.2) is 4.98 Å². The number of furan rings is 1. The Balaban J connectivity index is 0.981. The van der Waals surface area contributed by atoms with Crippen LogP contribution in [0.1, 0.15) is 0 Å². The van der Waals surface area contributed by atoms with Crippen LogP contribution < -0.4 is 21.2 Å². The van der Waals surface area contributed by atoms with Crippen molar-refractivity contribution in [1.29, 1.82) is 0 Å². The predicted octanol–water partition coefficient (Wildman–Crippen LogP) is 9.20. The zero-order valence-corrected chi connectivity index (χ0v) is 30.4. The molecule has 0 N–H and O–H groups in total. The topological polar surface area (TPSA) is 43.3 Å². The number of halogens is 1. The number of rotatable bonds is 3. The van der Waals surface area contributed by atoms with Gasteiger partial charge in [0, 0.05) is 17.0 Å². The van der Waals surface area contributed by atoms with Crippen LogP contribution in [0.4, 0.5) is 0 Å². The predicted molar refractivity (Wildman–Crippen MR) is 212 cm³/mol. The molecule has 5 heteroatoms. The van der Waals surface area contributed by atoms with Crippen LogP contribution in [0, 0.1) is 7.14 Å². The van der Waals surface area contributed by atoms with Crippen molar-refractivity contribution in [3.8, 4) is 44.6 Å². The summed E-state index contributed by atoms with van der Waals surface area (Å²) in [4.78, 5) is 10.2. The van der Waals surface area contributed by atoms with Gasteiger partial charge in [0.05, 0.1) is 0 Å². The molecule has 248 valence electrons. The Hall–Kier alpha value is -6.31. The molecule has 0 amide bonds. The van der Waals surface area contributed by atoms with E-state index in [0.29, 0.717) is 0 Å². The normalized spacial score (nSPS) is 12.6. The summed E-state index contributed by atoms with van der Waals surface area (Å²) in [5, 5.41) is 6.96. The summed E-state index contributed by atoms with van der Waals surface area (Å²) in [5.74, 6) is 0. The molecule has 0 fully saturated rings. The van der Waals surface area contributed by atoms with Crippen LogP contribution in [0.2, 0.25) is 0 Å². The maximum atomic E-state index is 6.10. The van der Waals surface area contributed by atoms with Crippen LogP contribution in [-0.4, -0.2) is 14.4 Å². The van der Waals surface area contributed by atoms with Crippen molar-refractivity contribution in [2.75, 3.05) is 0 Å². The van der Waals surface area contributed by atoms with Crippen molar-refractivity contribution in [2.45, 2.75) is 0 Å². The fourth-order valence-electron chi connectivity index (χ4n) is 8.26. The number of hydrogen-bond donors (Lipinski definition) is 0. The fraction of sp³-hybridized carbons (Fsp3) is 0. The molecule has 12 rings (SSSR count). The van der Waals surface area contributed by atoms with E-state index in [1.807, 2.05) is 18.3 Å². The van der Waals surface area contributed by atoms with Crippen molar-refractivity contribution < 1.29 is 25.6 Å². The summed E-state index contributed by atoms with van der Waals surface area (Å²) in [6, 6.07) is 54.7. The Labute approximate surface area is 314 Å². The van der Waals surface area contributed by atoms with Gasteiger partial charge in [-0.2, -0.15) is 0 Å². The Morgan fingerprint density at radius 2 is 1.19 bits per heavy atom. The van der Waals surface area contributed by atoms with Crippen LogP contribution in [0.5, 0.6) is 0 Å². The van der Waals surface area contributed by atoms with Gasteiger partial charge in [-0.3, -0.25) is 0 Å². The molecule has 0 aliphatic carbocycles. The first-order chi connectivity index (χ1) is 26.2. The van der Waals surface area contributed by atoms with E-state index in [2.05, 4.69) is 150 Å².